The first-order chi connectivity index (χ1) is 7.75. The quantitative estimate of drug-likeness (QED) is 0.845. The van der Waals surface area contributed by atoms with Gasteiger partial charge >= 0.3 is 5.97 Å². The lowest BCUT2D eigenvalue weighted by atomic mass is 10.2. The average molecular weight is 222 g/mol. The second-order valence-electron chi connectivity index (χ2n) is 3.78. The van der Waals surface area contributed by atoms with E-state index in [4.69, 9.17) is 14.6 Å². The molecular formula is C12H14O4. The number of carbonyl (C=O) groups is 1. The summed E-state index contributed by atoms with van der Waals surface area (Å²) in [5.74, 6) is -0.363. The minimum Gasteiger partial charge on any atom is -0.491 e. The summed E-state index contributed by atoms with van der Waals surface area (Å²) in [4.78, 5) is 10.7. The highest BCUT2D eigenvalue weighted by molar-refractivity contribution is 5.87. The second kappa shape index (κ2) is 4.99. The number of benzene rings is 1. The third-order valence-electron chi connectivity index (χ3n) is 2.54. The van der Waals surface area contributed by atoms with Crippen molar-refractivity contribution in [1.29, 1.82) is 0 Å². The van der Waals surface area contributed by atoms with E-state index < -0.39 is 5.97 Å². The summed E-state index contributed by atoms with van der Waals surface area (Å²) >= 11 is 0. The Balaban J connectivity index is 1.93. The van der Waals surface area contributed by atoms with Gasteiger partial charge in [0.1, 0.15) is 12.4 Å². The molecule has 0 aliphatic carbocycles. The number of hydrogen-bond acceptors (Lipinski definition) is 3. The van der Waals surface area contributed by atoms with E-state index in [-0.39, 0.29) is 11.7 Å². The summed E-state index contributed by atoms with van der Waals surface area (Å²) < 4.78 is 10.9. The molecule has 4 nitrogen and oxygen atoms in total. The maximum Gasteiger partial charge on any atom is 0.335 e. The highest BCUT2D eigenvalue weighted by Crippen LogP contribution is 2.17. The lowest BCUT2D eigenvalue weighted by molar-refractivity contribution is 0.0672. The Morgan fingerprint density at radius 2 is 2.44 bits per heavy atom. The third-order valence-corrected chi connectivity index (χ3v) is 2.54. The van der Waals surface area contributed by atoms with Gasteiger partial charge in [0.2, 0.25) is 0 Å². The number of rotatable bonds is 4. The predicted molar refractivity (Wildman–Crippen MR) is 57.9 cm³/mol. The molecule has 0 amide bonds. The first kappa shape index (κ1) is 11.0. The number of aromatic carboxylic acids is 1. The number of ether oxygens (including phenoxy) is 2. The van der Waals surface area contributed by atoms with Gasteiger partial charge in [-0.05, 0) is 31.0 Å². The molecule has 1 heterocycles. The van der Waals surface area contributed by atoms with Crippen LogP contribution in [0.3, 0.4) is 0 Å². The van der Waals surface area contributed by atoms with Crippen LogP contribution in [0.4, 0.5) is 0 Å². The lowest BCUT2D eigenvalue weighted by Crippen LogP contribution is -2.16. The van der Waals surface area contributed by atoms with Gasteiger partial charge in [-0.25, -0.2) is 4.79 Å². The molecule has 4 heteroatoms. The van der Waals surface area contributed by atoms with Gasteiger partial charge < -0.3 is 14.6 Å². The first-order valence-corrected chi connectivity index (χ1v) is 5.33. The zero-order valence-corrected chi connectivity index (χ0v) is 8.89. The topological polar surface area (TPSA) is 55.8 Å². The molecule has 1 fully saturated rings. The summed E-state index contributed by atoms with van der Waals surface area (Å²) in [5.41, 5.74) is 0.241. The van der Waals surface area contributed by atoms with Crippen LogP contribution >= 0.6 is 0 Å². The summed E-state index contributed by atoms with van der Waals surface area (Å²) in [7, 11) is 0. The van der Waals surface area contributed by atoms with E-state index >= 15 is 0 Å². The van der Waals surface area contributed by atoms with Crippen LogP contribution in [0.2, 0.25) is 0 Å². The predicted octanol–water partition coefficient (Wildman–Crippen LogP) is 1.94. The molecule has 1 aromatic carbocycles. The highest BCUT2D eigenvalue weighted by Gasteiger charge is 2.16. The Labute approximate surface area is 93.8 Å². The van der Waals surface area contributed by atoms with E-state index in [1.165, 1.54) is 6.07 Å². The standard InChI is InChI=1S/C12H14O4/c13-12(14)9-3-1-4-10(7-9)16-8-11-5-2-6-15-11/h1,3-4,7,11H,2,5-6,8H2,(H,13,14)/t11-/m1/s1. The number of hydrogen-bond donors (Lipinski definition) is 1. The SMILES string of the molecule is O=C(O)c1cccc(OC[C@H]2CCCO2)c1. The molecule has 1 aromatic rings. The van der Waals surface area contributed by atoms with E-state index in [2.05, 4.69) is 0 Å². The van der Waals surface area contributed by atoms with Gasteiger partial charge in [0.15, 0.2) is 0 Å². The van der Waals surface area contributed by atoms with Crippen molar-refractivity contribution in [3.05, 3.63) is 29.8 Å². The maximum atomic E-state index is 10.7. The summed E-state index contributed by atoms with van der Waals surface area (Å²) in [6, 6.07) is 6.49. The van der Waals surface area contributed by atoms with Crippen LogP contribution in [0, 0.1) is 0 Å². The largest absolute Gasteiger partial charge is 0.491 e. The molecule has 0 aromatic heterocycles. The van der Waals surface area contributed by atoms with Crippen molar-refractivity contribution in [2.75, 3.05) is 13.2 Å². The van der Waals surface area contributed by atoms with Crippen molar-refractivity contribution in [1.82, 2.24) is 0 Å². The fourth-order valence-corrected chi connectivity index (χ4v) is 1.68. The Hall–Kier alpha value is -1.55. The molecule has 16 heavy (non-hydrogen) atoms. The van der Waals surface area contributed by atoms with Gasteiger partial charge in [-0.2, -0.15) is 0 Å². The van der Waals surface area contributed by atoms with Gasteiger partial charge in [-0.3, -0.25) is 0 Å². The van der Waals surface area contributed by atoms with Crippen molar-refractivity contribution in [3.63, 3.8) is 0 Å². The molecule has 1 aliphatic rings. The zero-order chi connectivity index (χ0) is 11.4. The summed E-state index contributed by atoms with van der Waals surface area (Å²) in [6.07, 6.45) is 2.23. The van der Waals surface area contributed by atoms with Crippen molar-refractivity contribution in [2.24, 2.45) is 0 Å². The highest BCUT2D eigenvalue weighted by atomic mass is 16.5. The van der Waals surface area contributed by atoms with Crippen molar-refractivity contribution in [3.8, 4) is 5.75 Å². The average Bonchev–Trinajstić information content (AvgIpc) is 2.79. The van der Waals surface area contributed by atoms with Gasteiger partial charge in [0, 0.05) is 6.61 Å². The monoisotopic (exact) mass is 222 g/mol. The van der Waals surface area contributed by atoms with E-state index in [9.17, 15) is 4.79 Å². The van der Waals surface area contributed by atoms with Gasteiger partial charge in [-0.15, -0.1) is 0 Å². The van der Waals surface area contributed by atoms with Gasteiger partial charge in [0.05, 0.1) is 11.7 Å². The van der Waals surface area contributed by atoms with Gasteiger partial charge in [-0.1, -0.05) is 6.07 Å². The maximum absolute atomic E-state index is 10.7. The Bertz CT molecular complexity index is 369. The molecule has 2 rings (SSSR count). The van der Waals surface area contributed by atoms with Crippen molar-refractivity contribution in [2.45, 2.75) is 18.9 Å². The smallest absolute Gasteiger partial charge is 0.335 e. The van der Waals surface area contributed by atoms with E-state index in [1.54, 1.807) is 18.2 Å². The molecule has 1 aliphatic heterocycles. The van der Waals surface area contributed by atoms with Crippen LogP contribution in [0.25, 0.3) is 0 Å². The molecule has 0 bridgehead atoms. The Kier molecular flexibility index (Phi) is 3.41. The second-order valence-corrected chi connectivity index (χ2v) is 3.78. The van der Waals surface area contributed by atoms with Crippen LogP contribution in [0.15, 0.2) is 24.3 Å². The zero-order valence-electron chi connectivity index (χ0n) is 8.89. The lowest BCUT2D eigenvalue weighted by Gasteiger charge is -2.11. The molecule has 1 atom stereocenters. The minimum absolute atomic E-state index is 0.147. The third kappa shape index (κ3) is 2.73. The Morgan fingerprint density at radius 3 is 3.12 bits per heavy atom. The molecule has 1 saturated heterocycles. The molecule has 86 valence electrons. The fourth-order valence-electron chi connectivity index (χ4n) is 1.68. The normalized spacial score (nSPS) is 19.6. The molecule has 0 radical (unpaired) electrons. The minimum atomic E-state index is -0.942. The van der Waals surface area contributed by atoms with Gasteiger partial charge in [0.25, 0.3) is 0 Å². The fraction of sp³-hybridized carbons (Fsp3) is 0.417. The molecular weight excluding hydrogens is 208 g/mol. The molecule has 1 N–H and O–H groups in total. The van der Waals surface area contributed by atoms with Crippen LogP contribution in [-0.2, 0) is 4.74 Å². The van der Waals surface area contributed by atoms with Crippen LogP contribution < -0.4 is 4.74 Å². The van der Waals surface area contributed by atoms with Crippen LogP contribution in [-0.4, -0.2) is 30.4 Å². The van der Waals surface area contributed by atoms with E-state index in [0.717, 1.165) is 19.4 Å². The number of carboxylic acids is 1. The molecule has 0 saturated carbocycles. The first-order valence-electron chi connectivity index (χ1n) is 5.33. The summed E-state index contributed by atoms with van der Waals surface area (Å²) in [5, 5.41) is 8.81. The molecule has 0 unspecified atom stereocenters. The molecule has 0 spiro atoms. The van der Waals surface area contributed by atoms with E-state index in [1.807, 2.05) is 0 Å². The van der Waals surface area contributed by atoms with E-state index in [0.29, 0.717) is 12.4 Å². The summed E-state index contributed by atoms with van der Waals surface area (Å²) in [6.45, 7) is 1.28. The van der Waals surface area contributed by atoms with Crippen LogP contribution in [0.1, 0.15) is 23.2 Å². The Morgan fingerprint density at radius 1 is 1.56 bits per heavy atom. The van der Waals surface area contributed by atoms with Crippen molar-refractivity contribution < 1.29 is 19.4 Å². The van der Waals surface area contributed by atoms with Crippen molar-refractivity contribution >= 4 is 5.97 Å². The van der Waals surface area contributed by atoms with Crippen LogP contribution in [0.5, 0.6) is 5.75 Å². The number of carboxylic acid groups (broad SMARTS) is 1.